The molecule has 0 heterocycles. The summed E-state index contributed by atoms with van der Waals surface area (Å²) in [5.41, 5.74) is 5.09. The molecule has 1 aromatic carbocycles. The smallest absolute Gasteiger partial charge is 0.126 e. The van der Waals surface area contributed by atoms with Crippen LogP contribution in [0.5, 0.6) is 5.75 Å². The summed E-state index contributed by atoms with van der Waals surface area (Å²) in [7, 11) is 0. The third-order valence-electron chi connectivity index (χ3n) is 1.75. The average Bonchev–Trinajstić information content (AvgIpc) is 2.17. The number of halogens is 2. The Morgan fingerprint density at radius 2 is 2.21 bits per heavy atom. The van der Waals surface area contributed by atoms with Crippen molar-refractivity contribution in [1.29, 1.82) is 0 Å². The summed E-state index contributed by atoms with van der Waals surface area (Å²) in [6, 6.07) is 5.75. The van der Waals surface area contributed by atoms with Crippen molar-refractivity contribution in [2.45, 2.75) is 12.6 Å². The highest BCUT2D eigenvalue weighted by Crippen LogP contribution is 2.12. The lowest BCUT2D eigenvalue weighted by Crippen LogP contribution is -2.17. The quantitative estimate of drug-likeness (QED) is 0.789. The number of benzene rings is 1. The number of alkyl halides is 1. The van der Waals surface area contributed by atoms with Crippen molar-refractivity contribution in [3.63, 3.8) is 0 Å². The third-order valence-corrected chi connectivity index (χ3v) is 1.75. The van der Waals surface area contributed by atoms with E-state index in [-0.39, 0.29) is 25.4 Å². The van der Waals surface area contributed by atoms with Crippen LogP contribution in [0, 0.1) is 5.82 Å². The number of ether oxygens (including phenoxy) is 1. The van der Waals surface area contributed by atoms with E-state index in [1.807, 2.05) is 0 Å². The zero-order chi connectivity index (χ0) is 10.4. The van der Waals surface area contributed by atoms with Crippen molar-refractivity contribution in [3.8, 4) is 5.75 Å². The van der Waals surface area contributed by atoms with Crippen LogP contribution in [0.25, 0.3) is 0 Å². The maximum Gasteiger partial charge on any atom is 0.126 e. The Morgan fingerprint density at radius 1 is 1.43 bits per heavy atom. The number of hydrogen-bond acceptors (Lipinski definition) is 2. The first-order valence-corrected chi connectivity index (χ1v) is 4.45. The van der Waals surface area contributed by atoms with E-state index < -0.39 is 6.17 Å². The second-order valence-electron chi connectivity index (χ2n) is 2.93. The summed E-state index contributed by atoms with van der Waals surface area (Å²) in [4.78, 5) is 0. The minimum Gasteiger partial charge on any atom is -0.493 e. The van der Waals surface area contributed by atoms with Gasteiger partial charge in [0, 0.05) is 19.0 Å². The van der Waals surface area contributed by atoms with Gasteiger partial charge in [0.15, 0.2) is 0 Å². The molecule has 0 aliphatic carbocycles. The maximum atomic E-state index is 12.6. The van der Waals surface area contributed by atoms with Gasteiger partial charge >= 0.3 is 0 Å². The first-order valence-electron chi connectivity index (χ1n) is 4.45. The van der Waals surface area contributed by atoms with Crippen LogP contribution in [0.1, 0.15) is 6.42 Å². The van der Waals surface area contributed by atoms with Crippen molar-refractivity contribution < 1.29 is 13.5 Å². The molecule has 0 aliphatic heterocycles. The molecule has 2 nitrogen and oxygen atoms in total. The van der Waals surface area contributed by atoms with Gasteiger partial charge in [-0.15, -0.1) is 0 Å². The fraction of sp³-hybridized carbons (Fsp3) is 0.400. The molecule has 0 amide bonds. The Hall–Kier alpha value is -1.16. The van der Waals surface area contributed by atoms with Crippen molar-refractivity contribution in [1.82, 2.24) is 0 Å². The van der Waals surface area contributed by atoms with Crippen LogP contribution < -0.4 is 10.5 Å². The van der Waals surface area contributed by atoms with E-state index in [0.29, 0.717) is 5.75 Å². The molecule has 0 spiro atoms. The summed E-state index contributed by atoms with van der Waals surface area (Å²) < 4.78 is 30.4. The van der Waals surface area contributed by atoms with Gasteiger partial charge in [0.25, 0.3) is 0 Å². The molecule has 1 atom stereocenters. The van der Waals surface area contributed by atoms with E-state index in [1.165, 1.54) is 12.1 Å². The van der Waals surface area contributed by atoms with Gasteiger partial charge in [0.2, 0.25) is 0 Å². The lowest BCUT2D eigenvalue weighted by molar-refractivity contribution is 0.238. The van der Waals surface area contributed by atoms with Gasteiger partial charge in [-0.25, -0.2) is 8.78 Å². The molecule has 0 aromatic heterocycles. The first kappa shape index (κ1) is 10.9. The summed E-state index contributed by atoms with van der Waals surface area (Å²) in [6.07, 6.45) is -0.823. The number of nitrogens with two attached hydrogens (primary N) is 1. The molecule has 1 unspecified atom stereocenters. The fourth-order valence-electron chi connectivity index (χ4n) is 0.979. The van der Waals surface area contributed by atoms with Gasteiger partial charge in [-0.3, -0.25) is 0 Å². The second kappa shape index (κ2) is 5.54. The Labute approximate surface area is 81.7 Å². The predicted molar refractivity (Wildman–Crippen MR) is 50.5 cm³/mol. The van der Waals surface area contributed by atoms with E-state index in [2.05, 4.69) is 0 Å². The Bertz CT molecular complexity index is 281. The van der Waals surface area contributed by atoms with Crippen molar-refractivity contribution in [2.24, 2.45) is 5.73 Å². The number of rotatable bonds is 5. The average molecular weight is 201 g/mol. The van der Waals surface area contributed by atoms with E-state index in [9.17, 15) is 8.78 Å². The van der Waals surface area contributed by atoms with Crippen LogP contribution in [0.4, 0.5) is 8.78 Å². The minimum absolute atomic E-state index is 0.00743. The highest BCUT2D eigenvalue weighted by Gasteiger charge is 2.03. The van der Waals surface area contributed by atoms with Gasteiger partial charge in [-0.2, -0.15) is 0 Å². The molecule has 0 bridgehead atoms. The molecular formula is C10H13F2NO. The SMILES string of the molecule is NCC(F)CCOc1cccc(F)c1. The topological polar surface area (TPSA) is 35.2 Å². The van der Waals surface area contributed by atoms with E-state index >= 15 is 0 Å². The molecule has 2 N–H and O–H groups in total. The molecule has 14 heavy (non-hydrogen) atoms. The van der Waals surface area contributed by atoms with Crippen LogP contribution in [-0.4, -0.2) is 19.3 Å². The van der Waals surface area contributed by atoms with Crippen molar-refractivity contribution in [2.75, 3.05) is 13.2 Å². The Balaban J connectivity index is 2.31. The fourth-order valence-corrected chi connectivity index (χ4v) is 0.979. The molecular weight excluding hydrogens is 188 g/mol. The van der Waals surface area contributed by atoms with Crippen LogP contribution in [-0.2, 0) is 0 Å². The molecule has 78 valence electrons. The predicted octanol–water partition coefficient (Wildman–Crippen LogP) is 1.89. The summed E-state index contributed by atoms with van der Waals surface area (Å²) in [5, 5.41) is 0. The molecule has 0 radical (unpaired) electrons. The van der Waals surface area contributed by atoms with Gasteiger partial charge in [0.1, 0.15) is 17.7 Å². The summed E-state index contributed by atoms with van der Waals surface area (Å²) in [6.45, 7) is 0.203. The Kier molecular flexibility index (Phi) is 4.32. The van der Waals surface area contributed by atoms with Crippen LogP contribution in [0.2, 0.25) is 0 Å². The molecule has 1 aromatic rings. The first-order chi connectivity index (χ1) is 6.72. The Morgan fingerprint density at radius 3 is 2.86 bits per heavy atom. The van der Waals surface area contributed by atoms with Crippen LogP contribution in [0.3, 0.4) is 0 Å². The zero-order valence-electron chi connectivity index (χ0n) is 7.75. The molecule has 0 aliphatic rings. The highest BCUT2D eigenvalue weighted by atomic mass is 19.1. The minimum atomic E-state index is -1.05. The van der Waals surface area contributed by atoms with Gasteiger partial charge in [-0.1, -0.05) is 6.07 Å². The highest BCUT2D eigenvalue weighted by molar-refractivity contribution is 5.22. The largest absolute Gasteiger partial charge is 0.493 e. The van der Waals surface area contributed by atoms with Crippen molar-refractivity contribution in [3.05, 3.63) is 30.1 Å². The molecule has 0 fully saturated rings. The van der Waals surface area contributed by atoms with E-state index in [4.69, 9.17) is 10.5 Å². The van der Waals surface area contributed by atoms with E-state index in [1.54, 1.807) is 12.1 Å². The van der Waals surface area contributed by atoms with Gasteiger partial charge in [0.05, 0.1) is 6.61 Å². The third kappa shape index (κ3) is 3.70. The van der Waals surface area contributed by atoms with E-state index in [0.717, 1.165) is 0 Å². The molecule has 1 rings (SSSR count). The second-order valence-corrected chi connectivity index (χ2v) is 2.93. The summed E-state index contributed by atoms with van der Waals surface area (Å²) >= 11 is 0. The molecule has 4 heteroatoms. The summed E-state index contributed by atoms with van der Waals surface area (Å²) in [5.74, 6) is 0.0485. The molecule has 0 saturated carbocycles. The monoisotopic (exact) mass is 201 g/mol. The van der Waals surface area contributed by atoms with Crippen LogP contribution >= 0.6 is 0 Å². The van der Waals surface area contributed by atoms with Gasteiger partial charge in [-0.05, 0) is 12.1 Å². The lowest BCUT2D eigenvalue weighted by Gasteiger charge is -2.07. The van der Waals surface area contributed by atoms with Gasteiger partial charge < -0.3 is 10.5 Å². The van der Waals surface area contributed by atoms with Crippen molar-refractivity contribution >= 4 is 0 Å². The maximum absolute atomic E-state index is 12.6. The standard InChI is InChI=1S/C10H13F2NO/c11-8-2-1-3-10(6-8)14-5-4-9(12)7-13/h1-3,6,9H,4-5,7,13H2. The molecule has 0 saturated heterocycles. The normalized spacial score (nSPS) is 12.5. The van der Waals surface area contributed by atoms with Crippen LogP contribution in [0.15, 0.2) is 24.3 Å². The lowest BCUT2D eigenvalue weighted by atomic mass is 10.3. The number of hydrogen-bond donors (Lipinski definition) is 1. The zero-order valence-corrected chi connectivity index (χ0v) is 7.75.